The number of carbonyl (C=O) groups excluding carboxylic acids is 1. The van der Waals surface area contributed by atoms with Crippen molar-refractivity contribution in [2.45, 2.75) is 99.5 Å². The molecule has 0 aromatic carbocycles. The number of imidazole rings is 1. The Labute approximate surface area is 304 Å². The van der Waals surface area contributed by atoms with Gasteiger partial charge in [-0.15, -0.1) is 4.68 Å². The lowest BCUT2D eigenvalue weighted by Crippen LogP contribution is -2.56. The number of hydrogen-bond acceptors (Lipinski definition) is 3. The largest absolute Gasteiger partial charge is 0.478 e. The van der Waals surface area contributed by atoms with Crippen LogP contribution in [0.25, 0.3) is 0 Å². The van der Waals surface area contributed by atoms with Crippen molar-refractivity contribution in [2.75, 3.05) is 12.1 Å². The van der Waals surface area contributed by atoms with Gasteiger partial charge in [0.05, 0.1) is 12.5 Å². The summed E-state index contributed by atoms with van der Waals surface area (Å²) in [6.07, 6.45) is 33.6. The molecule has 0 saturated carbocycles. The van der Waals surface area contributed by atoms with E-state index in [0.29, 0.717) is 11.1 Å². The lowest BCUT2D eigenvalue weighted by molar-refractivity contribution is -0.752. The fourth-order valence-electron chi connectivity index (χ4n) is 7.02. The molecule has 0 saturated heterocycles. The average Bonchev–Trinajstić information content (AvgIpc) is 3.54. The highest BCUT2D eigenvalue weighted by Gasteiger charge is 2.43. The number of amides is 1. The van der Waals surface area contributed by atoms with Crippen LogP contribution in [0.1, 0.15) is 93.9 Å². The summed E-state index contributed by atoms with van der Waals surface area (Å²) in [6.45, 7) is 16.1. The summed E-state index contributed by atoms with van der Waals surface area (Å²) in [5.74, 6) is -1.90. The smallest absolute Gasteiger partial charge is 0.328 e. The third kappa shape index (κ3) is 10.8. The third-order valence-electron chi connectivity index (χ3n) is 10.0. The first-order valence-electron chi connectivity index (χ1n) is 17.6. The Balaban J connectivity index is 1.86. The molecule has 0 unspecified atom stereocenters. The van der Waals surface area contributed by atoms with Crippen LogP contribution in [0.15, 0.2) is 136 Å². The lowest BCUT2D eigenvalue weighted by atomic mass is 9.70. The molecule has 1 aromatic rings. The number of hydrogen-bond donors (Lipinski definition) is 2. The highest BCUT2D eigenvalue weighted by Crippen LogP contribution is 2.43. The standard InChI is InChI=1S/C43H55N3O5/c1-31(14-10-16-33(3)28-39(47)48)20-22-37-35(5)18-12-24-42(37,7)41(51)44(9)46-27-26-45(30-46)43(8)25-13-19-36(6)38(43)23-21-32(2)15-11-17-34(4)29-40(49)50/h10-11,14-17,20-23,26-30H,12-13,18-19,24-25H2,1-9H3,(H-,47,48,49,50)/p+1/b16-10+,17-11+,22-20+,23-21+,31-14+,32-15+,33-28+,34-29+/t42-,43-/m1/s1. The predicted octanol–water partition coefficient (Wildman–Crippen LogP) is 8.77. The van der Waals surface area contributed by atoms with E-state index in [9.17, 15) is 14.4 Å². The lowest BCUT2D eigenvalue weighted by Gasteiger charge is -2.36. The maximum atomic E-state index is 14.4. The molecule has 8 heteroatoms. The van der Waals surface area contributed by atoms with E-state index >= 15 is 0 Å². The number of rotatable bonds is 13. The minimum Gasteiger partial charge on any atom is -0.478 e. The average molecular weight is 695 g/mol. The highest BCUT2D eigenvalue weighted by molar-refractivity contribution is 5.94. The Kier molecular flexibility index (Phi) is 14.1. The van der Waals surface area contributed by atoms with Gasteiger partial charge in [0.25, 0.3) is 12.2 Å². The van der Waals surface area contributed by atoms with Gasteiger partial charge in [-0.25, -0.2) is 14.2 Å². The first-order valence-corrected chi connectivity index (χ1v) is 17.6. The Morgan fingerprint density at radius 2 is 1.25 bits per heavy atom. The Bertz CT molecular complexity index is 1820. The van der Waals surface area contributed by atoms with Crippen molar-refractivity contribution >= 4 is 17.8 Å². The summed E-state index contributed by atoms with van der Waals surface area (Å²) in [7, 11) is 1.84. The Morgan fingerprint density at radius 1 is 0.765 bits per heavy atom. The number of carbonyl (C=O) groups is 3. The van der Waals surface area contributed by atoms with Gasteiger partial charge in [0.15, 0.2) is 6.20 Å². The molecule has 0 spiro atoms. The molecular weight excluding hydrogens is 638 g/mol. The monoisotopic (exact) mass is 694 g/mol. The molecular formula is C43H56N3O5+. The highest BCUT2D eigenvalue weighted by atomic mass is 16.4. The molecule has 0 bridgehead atoms. The number of aliphatic carboxylic acids is 2. The summed E-state index contributed by atoms with van der Waals surface area (Å²) >= 11 is 0. The van der Waals surface area contributed by atoms with E-state index in [2.05, 4.69) is 56.7 Å². The van der Waals surface area contributed by atoms with Gasteiger partial charge in [0.2, 0.25) is 0 Å². The summed E-state index contributed by atoms with van der Waals surface area (Å²) in [5, 5.41) is 19.6. The van der Waals surface area contributed by atoms with Crippen molar-refractivity contribution in [3.63, 3.8) is 0 Å². The summed E-state index contributed by atoms with van der Waals surface area (Å²) in [5.41, 5.74) is 7.22. The van der Waals surface area contributed by atoms with Gasteiger partial charge in [-0.2, -0.15) is 5.01 Å². The van der Waals surface area contributed by atoms with E-state index in [1.807, 2.05) is 68.5 Å². The molecule has 3 rings (SSSR count). The zero-order chi connectivity index (χ0) is 37.9. The van der Waals surface area contributed by atoms with E-state index in [4.69, 9.17) is 10.2 Å². The van der Waals surface area contributed by atoms with Gasteiger partial charge in [-0.05, 0) is 116 Å². The van der Waals surface area contributed by atoms with Crippen molar-refractivity contribution in [1.29, 1.82) is 0 Å². The molecule has 1 heterocycles. The number of allylic oxidation sites excluding steroid dienone is 17. The van der Waals surface area contributed by atoms with Crippen LogP contribution in [0.5, 0.6) is 0 Å². The minimum atomic E-state index is -0.969. The minimum absolute atomic E-state index is 0.0304. The fourth-order valence-corrected chi connectivity index (χ4v) is 7.02. The first-order chi connectivity index (χ1) is 24.0. The quantitative estimate of drug-likeness (QED) is 0.122. The maximum Gasteiger partial charge on any atom is 0.328 e. The van der Waals surface area contributed by atoms with Gasteiger partial charge in [0.1, 0.15) is 11.7 Å². The molecule has 1 amide bonds. The second-order valence-electron chi connectivity index (χ2n) is 14.4. The van der Waals surface area contributed by atoms with Gasteiger partial charge in [-0.1, -0.05) is 83.1 Å². The first kappa shape index (κ1) is 40.4. The van der Waals surface area contributed by atoms with Crippen LogP contribution in [-0.2, 0) is 19.9 Å². The third-order valence-corrected chi connectivity index (χ3v) is 10.0. The molecule has 8 nitrogen and oxygen atoms in total. The molecule has 2 aliphatic rings. The van der Waals surface area contributed by atoms with Crippen LogP contribution in [0, 0.1) is 5.41 Å². The predicted molar refractivity (Wildman–Crippen MR) is 205 cm³/mol. The van der Waals surface area contributed by atoms with Crippen molar-refractivity contribution in [2.24, 2.45) is 5.41 Å². The maximum absolute atomic E-state index is 14.4. The van der Waals surface area contributed by atoms with Crippen molar-refractivity contribution in [3.8, 4) is 0 Å². The topological polar surface area (TPSA) is 104 Å². The summed E-state index contributed by atoms with van der Waals surface area (Å²) in [4.78, 5) is 36.2. The van der Waals surface area contributed by atoms with Crippen LogP contribution < -0.4 is 9.58 Å². The Morgan fingerprint density at radius 3 is 1.78 bits per heavy atom. The van der Waals surface area contributed by atoms with Crippen molar-refractivity contribution in [3.05, 3.63) is 136 Å². The molecule has 1 aromatic heterocycles. The molecule has 2 atom stereocenters. The number of carboxylic acid groups (broad SMARTS) is 2. The number of aromatic nitrogens is 2. The molecule has 51 heavy (non-hydrogen) atoms. The van der Waals surface area contributed by atoms with E-state index < -0.39 is 17.4 Å². The van der Waals surface area contributed by atoms with Gasteiger partial charge in [0, 0.05) is 12.2 Å². The van der Waals surface area contributed by atoms with Crippen molar-refractivity contribution < 1.29 is 29.2 Å². The number of nitrogens with zero attached hydrogens (tertiary/aromatic N) is 3. The zero-order valence-corrected chi connectivity index (χ0v) is 31.9. The van der Waals surface area contributed by atoms with Crippen LogP contribution in [0.3, 0.4) is 0 Å². The molecule has 0 fully saturated rings. The van der Waals surface area contributed by atoms with E-state index in [0.717, 1.165) is 55.2 Å². The fraction of sp³-hybridized carbons (Fsp3) is 0.395. The SMILES string of the molecule is CC1=C(/C=C/C(C)=C/C=C/C(C)=C/C(=O)O)[C@](C)(C(=O)N(C)n2cc[n+]([C@]3(C)CCCC(C)=C3/C=C/C(C)=C/C=C/C(C)=C/C(=O)O)c2)CCC1. The van der Waals surface area contributed by atoms with E-state index in [1.54, 1.807) is 31.0 Å². The van der Waals surface area contributed by atoms with E-state index in [-0.39, 0.29) is 11.4 Å². The second kappa shape index (κ2) is 17.8. The van der Waals surface area contributed by atoms with Crippen LogP contribution >= 0.6 is 0 Å². The van der Waals surface area contributed by atoms with Gasteiger partial charge >= 0.3 is 11.9 Å². The molecule has 0 radical (unpaired) electrons. The molecule has 0 aliphatic heterocycles. The summed E-state index contributed by atoms with van der Waals surface area (Å²) in [6, 6.07) is 0. The van der Waals surface area contributed by atoms with Gasteiger partial charge < -0.3 is 10.2 Å². The van der Waals surface area contributed by atoms with Crippen LogP contribution in [0.2, 0.25) is 0 Å². The van der Waals surface area contributed by atoms with Gasteiger partial charge in [-0.3, -0.25) is 4.79 Å². The second-order valence-corrected chi connectivity index (χ2v) is 14.4. The van der Waals surface area contributed by atoms with Crippen LogP contribution in [0.4, 0.5) is 0 Å². The Hall–Kier alpha value is -4.98. The normalized spacial score (nSPS) is 23.1. The summed E-state index contributed by atoms with van der Waals surface area (Å²) < 4.78 is 4.11. The van der Waals surface area contributed by atoms with Crippen LogP contribution in [-0.4, -0.2) is 39.8 Å². The zero-order valence-electron chi connectivity index (χ0n) is 31.9. The molecule has 2 N–H and O–H groups in total. The van der Waals surface area contributed by atoms with Crippen molar-refractivity contribution in [1.82, 2.24) is 4.68 Å². The molecule has 272 valence electrons. The molecule has 2 aliphatic carbocycles. The van der Waals surface area contributed by atoms with E-state index in [1.165, 1.54) is 28.9 Å². The number of carboxylic acids is 2.